The van der Waals surface area contributed by atoms with Crippen molar-refractivity contribution in [2.24, 2.45) is 5.73 Å². The number of carbonyl (C=O) groups is 4. The number of anilines is 4. The van der Waals surface area contributed by atoms with Gasteiger partial charge in [0.1, 0.15) is 0 Å². The third-order valence-electron chi connectivity index (χ3n) is 16.7. The standard InChI is InChI=1S/C31H31Cl3N4O3.C30H30Cl3N5O2.CH4/c1-17(2)37-16-20-12-21(37)15-36(20)14-18-8-23(22-6-4-5-7-25(22)32)24-13-35-31(40)38(28(24)9-18)29-26(33)10-19(11-27(29)34)30(39)41-3;1-16(2)37-15-19-11-20(37)14-36(19)13-17-7-22(21-5-3-4-6-24(21)31)23-12-35-30(40)38(27(23)8-17)28-25(32)9-18(29(34)39)10-26(28)33;/h4-11,17,20-21H,12-16H2,1-3H3,(H,35,40);3-10,16,19-20H,11-15H2,1-2H3,(H2,34,39)(H,35,40);1H4. The van der Waals surface area contributed by atoms with Gasteiger partial charge in [0.05, 0.1) is 55.5 Å². The molecular weight excluding hydrogens is 1160 g/mol. The van der Waals surface area contributed by atoms with Gasteiger partial charge in [0.25, 0.3) is 0 Å². The molecule has 6 heterocycles. The van der Waals surface area contributed by atoms with Crippen LogP contribution in [0.2, 0.25) is 30.1 Å². The molecule has 0 saturated carbocycles. The number of likely N-dealkylation sites (tertiary alicyclic amines) is 4. The molecule has 430 valence electrons. The van der Waals surface area contributed by atoms with Crippen LogP contribution in [-0.2, 0) is 30.9 Å². The summed E-state index contributed by atoms with van der Waals surface area (Å²) in [5, 5.41) is 7.81. The largest absolute Gasteiger partial charge is 0.465 e. The fraction of sp³-hybridized carbons (Fsp3) is 0.355. The molecule has 14 nitrogen and oxygen atoms in total. The van der Waals surface area contributed by atoms with Crippen molar-refractivity contribution in [1.82, 2.24) is 30.2 Å². The van der Waals surface area contributed by atoms with Gasteiger partial charge in [-0.3, -0.25) is 34.2 Å². The second-order valence-electron chi connectivity index (χ2n) is 22.2. The van der Waals surface area contributed by atoms with Gasteiger partial charge in [0, 0.05) is 126 Å². The number of amides is 5. The number of rotatable bonds is 12. The van der Waals surface area contributed by atoms with Gasteiger partial charge in [-0.2, -0.15) is 0 Å². The lowest BCUT2D eigenvalue weighted by Crippen LogP contribution is -2.48. The van der Waals surface area contributed by atoms with E-state index in [9.17, 15) is 19.2 Å². The summed E-state index contributed by atoms with van der Waals surface area (Å²) in [5.74, 6) is -1.22. The monoisotopic (exact) mass is 1230 g/mol. The van der Waals surface area contributed by atoms with Crippen LogP contribution in [0.25, 0.3) is 22.3 Å². The van der Waals surface area contributed by atoms with Crippen molar-refractivity contribution < 1.29 is 23.9 Å². The molecular formula is C62H65Cl6N9O5. The van der Waals surface area contributed by atoms with Crippen molar-refractivity contribution in [3.05, 3.63) is 161 Å². The van der Waals surface area contributed by atoms with E-state index in [1.165, 1.54) is 54.0 Å². The Labute approximate surface area is 509 Å². The van der Waals surface area contributed by atoms with Crippen LogP contribution in [-0.4, -0.2) is 113 Å². The van der Waals surface area contributed by atoms with E-state index < -0.39 is 11.9 Å². The number of benzene rings is 6. The fourth-order valence-electron chi connectivity index (χ4n) is 13.0. The highest BCUT2D eigenvalue weighted by molar-refractivity contribution is 6.42. The molecule has 0 spiro atoms. The Hall–Kier alpha value is -5.62. The first-order valence-electron chi connectivity index (χ1n) is 27.1. The summed E-state index contributed by atoms with van der Waals surface area (Å²) < 4.78 is 4.84. The van der Waals surface area contributed by atoms with Gasteiger partial charge in [-0.25, -0.2) is 14.4 Å². The van der Waals surface area contributed by atoms with Gasteiger partial charge in [-0.05, 0) is 123 Å². The lowest BCUT2D eigenvalue weighted by molar-refractivity contribution is 0.0600. The normalized spacial score (nSPS) is 20.4. The molecule has 6 aromatic rings. The van der Waals surface area contributed by atoms with Crippen LogP contribution in [0.3, 0.4) is 0 Å². The van der Waals surface area contributed by atoms with Gasteiger partial charge >= 0.3 is 18.0 Å². The van der Waals surface area contributed by atoms with Crippen LogP contribution in [0.5, 0.6) is 0 Å². The maximum absolute atomic E-state index is 13.5. The smallest absolute Gasteiger partial charge is 0.337 e. The molecule has 0 aliphatic carbocycles. The molecule has 6 aliphatic heterocycles. The first-order chi connectivity index (χ1) is 38.8. The number of primary amides is 1. The highest BCUT2D eigenvalue weighted by Gasteiger charge is 2.46. The van der Waals surface area contributed by atoms with E-state index in [0.29, 0.717) is 82.1 Å². The maximum Gasteiger partial charge on any atom is 0.337 e. The van der Waals surface area contributed by atoms with Crippen molar-refractivity contribution in [3.63, 3.8) is 0 Å². The minimum atomic E-state index is -0.655. The summed E-state index contributed by atoms with van der Waals surface area (Å²) in [6.07, 6.45) is 2.35. The first kappa shape index (κ1) is 59.5. The van der Waals surface area contributed by atoms with Crippen LogP contribution in [0.15, 0.2) is 97.1 Å². The Kier molecular flexibility index (Phi) is 17.5. The van der Waals surface area contributed by atoms with E-state index in [-0.39, 0.29) is 50.7 Å². The number of nitrogens with zero attached hydrogens (tertiary/aromatic N) is 6. The number of esters is 1. The molecule has 82 heavy (non-hydrogen) atoms. The van der Waals surface area contributed by atoms with Gasteiger partial charge in [0.2, 0.25) is 5.91 Å². The molecule has 5 amide bonds. The number of ether oxygens (including phenoxy) is 1. The summed E-state index contributed by atoms with van der Waals surface area (Å²) >= 11 is 40.1. The Bertz CT molecular complexity index is 3480. The number of methoxy groups -OCH3 is 1. The Morgan fingerprint density at radius 2 is 0.939 bits per heavy atom. The van der Waals surface area contributed by atoms with Crippen LogP contribution in [0, 0.1) is 0 Å². The van der Waals surface area contributed by atoms with Crippen LogP contribution in [0.1, 0.15) is 90.9 Å². The lowest BCUT2D eigenvalue weighted by Gasteiger charge is -2.37. The maximum atomic E-state index is 13.5. The van der Waals surface area contributed by atoms with E-state index in [1.54, 1.807) is 0 Å². The minimum absolute atomic E-state index is 0. The number of nitrogens with two attached hydrogens (primary N) is 1. The van der Waals surface area contributed by atoms with Crippen LogP contribution in [0.4, 0.5) is 32.3 Å². The number of nitrogens with one attached hydrogen (secondary N) is 2. The topological polar surface area (TPSA) is 147 Å². The first-order valence-corrected chi connectivity index (χ1v) is 29.4. The average Bonchev–Trinajstić information content (AvgIpc) is 2.67. The number of piperazine rings is 2. The van der Waals surface area contributed by atoms with Gasteiger partial charge in [-0.1, -0.05) is 113 Å². The van der Waals surface area contributed by atoms with Crippen LogP contribution >= 0.6 is 69.6 Å². The highest BCUT2D eigenvalue weighted by Crippen LogP contribution is 2.48. The van der Waals surface area contributed by atoms with E-state index >= 15 is 0 Å². The Balaban J connectivity index is 0.000000181. The number of hydrogen-bond donors (Lipinski definition) is 3. The molecule has 4 atom stereocenters. The summed E-state index contributed by atoms with van der Waals surface area (Å²) in [6, 6.07) is 32.2. The summed E-state index contributed by atoms with van der Waals surface area (Å²) in [4.78, 5) is 64.1. The molecule has 4 N–H and O–H groups in total. The third kappa shape index (κ3) is 11.3. The zero-order chi connectivity index (χ0) is 57.3. The number of fused-ring (bicyclic) bond motifs is 6. The predicted molar refractivity (Wildman–Crippen MR) is 331 cm³/mol. The molecule has 6 aromatic carbocycles. The number of hydrogen-bond acceptors (Lipinski definition) is 9. The van der Waals surface area contributed by atoms with Crippen molar-refractivity contribution in [3.8, 4) is 22.3 Å². The molecule has 12 rings (SSSR count). The van der Waals surface area contributed by atoms with E-state index in [2.05, 4.69) is 82.2 Å². The second-order valence-corrected chi connectivity index (χ2v) is 24.6. The summed E-state index contributed by atoms with van der Waals surface area (Å²) in [6.45, 7) is 15.3. The van der Waals surface area contributed by atoms with Crippen molar-refractivity contribution in [1.29, 1.82) is 0 Å². The molecule has 0 radical (unpaired) electrons. The van der Waals surface area contributed by atoms with Crippen molar-refractivity contribution in [2.45, 2.75) is 110 Å². The van der Waals surface area contributed by atoms with Gasteiger partial charge in [-0.15, -0.1) is 0 Å². The van der Waals surface area contributed by atoms with Crippen molar-refractivity contribution >= 4 is 116 Å². The summed E-state index contributed by atoms with van der Waals surface area (Å²) in [7, 11) is 1.29. The zero-order valence-corrected chi connectivity index (χ0v) is 49.9. The Morgan fingerprint density at radius 3 is 1.28 bits per heavy atom. The minimum Gasteiger partial charge on any atom is -0.465 e. The number of carbonyl (C=O) groups excluding carboxylic acids is 4. The SMILES string of the molecule is C.CC(C)N1CC2CC1CN2Cc1cc(-c2ccccc2Cl)c2c(c1)N(c1c(Cl)cc(C(N)=O)cc1Cl)C(=O)NC2.COC(=O)c1cc(Cl)c(N2C(=O)NCc3c(-c4ccccc4Cl)cc(CN4CC5CC4CN5C(C)C)cc32)c(Cl)c1. The van der Waals surface area contributed by atoms with E-state index in [1.807, 2.05) is 48.5 Å². The van der Waals surface area contributed by atoms with Crippen molar-refractivity contribution in [2.75, 3.05) is 43.1 Å². The molecule has 0 aromatic heterocycles. The van der Waals surface area contributed by atoms with Gasteiger partial charge in [0.15, 0.2) is 0 Å². The average molecular weight is 1230 g/mol. The Morgan fingerprint density at radius 1 is 0.549 bits per heavy atom. The molecule has 20 heteroatoms. The van der Waals surface area contributed by atoms with Gasteiger partial charge < -0.3 is 21.1 Å². The lowest BCUT2D eigenvalue weighted by atomic mass is 9.93. The molecule has 4 bridgehead atoms. The molecule has 6 aliphatic rings. The number of urea groups is 2. The third-order valence-corrected chi connectivity index (χ3v) is 18.5. The fourth-order valence-corrected chi connectivity index (χ4v) is 14.8. The predicted octanol–water partition coefficient (Wildman–Crippen LogP) is 14.2. The summed E-state index contributed by atoms with van der Waals surface area (Å²) in [5.41, 5.74) is 15.4. The number of halogens is 6. The van der Waals surface area contributed by atoms with E-state index in [4.69, 9.17) is 80.1 Å². The molecule has 4 saturated heterocycles. The zero-order valence-electron chi connectivity index (χ0n) is 45.3. The quantitative estimate of drug-likeness (QED) is 0.102. The second kappa shape index (κ2) is 24.2. The molecule has 4 unspecified atom stereocenters. The van der Waals surface area contributed by atoms with E-state index in [0.717, 1.165) is 83.8 Å². The highest BCUT2D eigenvalue weighted by atomic mass is 35.5. The molecule has 4 fully saturated rings. The van der Waals surface area contributed by atoms with Crippen LogP contribution < -0.4 is 26.2 Å².